The van der Waals surface area contributed by atoms with Crippen LogP contribution in [0.4, 0.5) is 0 Å². The summed E-state index contributed by atoms with van der Waals surface area (Å²) in [6.07, 6.45) is -2.53. The fourth-order valence-corrected chi connectivity index (χ4v) is 5.04. The summed E-state index contributed by atoms with van der Waals surface area (Å²) in [6.45, 7) is 3.84. The number of hydrogen-bond donors (Lipinski definition) is 0. The smallest absolute Gasteiger partial charge is 0.303 e. The molecule has 2 aliphatic rings. The lowest BCUT2D eigenvalue weighted by Crippen LogP contribution is -2.45. The Morgan fingerprint density at radius 3 is 2.00 bits per heavy atom. The molecule has 1 saturated carbocycles. The van der Waals surface area contributed by atoms with Crippen LogP contribution in [0.2, 0.25) is 0 Å². The molecular weight excluding hydrogens is 386 g/mol. The van der Waals surface area contributed by atoms with Gasteiger partial charge in [-0.1, -0.05) is 30.0 Å². The summed E-state index contributed by atoms with van der Waals surface area (Å²) in [6, 6.07) is 9.21. The third-order valence-corrected chi connectivity index (χ3v) is 5.84. The lowest BCUT2D eigenvalue weighted by Gasteiger charge is -2.29. The van der Waals surface area contributed by atoms with Crippen LogP contribution in [-0.2, 0) is 33.4 Å². The van der Waals surface area contributed by atoms with E-state index in [-0.39, 0.29) is 5.92 Å². The van der Waals surface area contributed by atoms with E-state index in [0.717, 1.165) is 4.90 Å². The lowest BCUT2D eigenvalue weighted by atomic mass is 10.0. The van der Waals surface area contributed by atoms with Gasteiger partial charge in [-0.3, -0.25) is 19.2 Å². The van der Waals surface area contributed by atoms with Gasteiger partial charge in [-0.25, -0.2) is 0 Å². The number of hydroxylamine groups is 2. The number of benzene rings is 1. The molecule has 0 aromatic heterocycles. The first-order valence-electron chi connectivity index (χ1n) is 8.91. The number of esters is 3. The summed E-state index contributed by atoms with van der Waals surface area (Å²) >= 11 is 1.47. The first kappa shape index (κ1) is 20.6. The van der Waals surface area contributed by atoms with Crippen LogP contribution < -0.4 is 0 Å². The number of hydrogen-bond acceptors (Lipinski definition) is 9. The van der Waals surface area contributed by atoms with Gasteiger partial charge in [0.05, 0.1) is 12.0 Å². The Morgan fingerprint density at radius 1 is 0.893 bits per heavy atom. The van der Waals surface area contributed by atoms with Crippen LogP contribution in [0.15, 0.2) is 35.2 Å². The molecule has 0 amide bonds. The molecule has 1 saturated heterocycles. The van der Waals surface area contributed by atoms with Gasteiger partial charge in [0, 0.05) is 32.7 Å². The van der Waals surface area contributed by atoms with Gasteiger partial charge in [-0.15, -0.1) is 0 Å². The van der Waals surface area contributed by atoms with E-state index in [4.69, 9.17) is 19.0 Å². The molecular formula is C19H23NO7S. The Hall–Kier alpha value is -2.10. The highest BCUT2D eigenvalue weighted by Gasteiger charge is 2.64. The Balaban J connectivity index is 1.95. The van der Waals surface area contributed by atoms with Crippen molar-refractivity contribution in [2.75, 3.05) is 7.05 Å². The third-order valence-electron chi connectivity index (χ3n) is 4.66. The molecule has 0 spiro atoms. The molecule has 2 fully saturated rings. The fraction of sp³-hybridized carbons (Fsp3) is 0.526. The van der Waals surface area contributed by atoms with E-state index in [9.17, 15) is 14.4 Å². The van der Waals surface area contributed by atoms with Crippen LogP contribution in [-0.4, -0.2) is 59.8 Å². The average molecular weight is 409 g/mol. The van der Waals surface area contributed by atoms with Crippen LogP contribution in [0.1, 0.15) is 20.8 Å². The van der Waals surface area contributed by atoms with Crippen LogP contribution in [0, 0.1) is 5.92 Å². The molecule has 1 aliphatic carbocycles. The summed E-state index contributed by atoms with van der Waals surface area (Å²) in [7, 11) is 1.72. The molecule has 0 radical (unpaired) electrons. The van der Waals surface area contributed by atoms with E-state index >= 15 is 0 Å². The highest BCUT2D eigenvalue weighted by atomic mass is 32.2. The predicted octanol–water partition coefficient (Wildman–Crippen LogP) is 1.78. The van der Waals surface area contributed by atoms with Crippen molar-refractivity contribution in [3.8, 4) is 0 Å². The maximum Gasteiger partial charge on any atom is 0.303 e. The Labute approximate surface area is 167 Å². The van der Waals surface area contributed by atoms with E-state index in [1.54, 1.807) is 12.1 Å². The highest BCUT2D eigenvalue weighted by molar-refractivity contribution is 7.99. The summed E-state index contributed by atoms with van der Waals surface area (Å²) in [5.74, 6) is -1.94. The van der Waals surface area contributed by atoms with Crippen molar-refractivity contribution in [2.24, 2.45) is 5.92 Å². The molecule has 1 aromatic carbocycles. The molecule has 1 heterocycles. The first-order chi connectivity index (χ1) is 13.3. The van der Waals surface area contributed by atoms with Crippen molar-refractivity contribution >= 4 is 29.7 Å². The number of likely N-dealkylation sites (N-methyl/N-ethyl adjacent to an activating group) is 1. The number of carbonyl (C=O) groups excluding carboxylic acids is 3. The predicted molar refractivity (Wildman–Crippen MR) is 98.9 cm³/mol. The zero-order valence-corrected chi connectivity index (χ0v) is 16.9. The number of nitrogens with zero attached hydrogens (tertiary/aromatic N) is 1. The molecule has 0 N–H and O–H groups in total. The molecule has 0 unspecified atom stereocenters. The van der Waals surface area contributed by atoms with Crippen molar-refractivity contribution in [3.63, 3.8) is 0 Å². The maximum atomic E-state index is 11.8. The Kier molecular flexibility index (Phi) is 6.26. The second-order valence-electron chi connectivity index (χ2n) is 6.74. The van der Waals surface area contributed by atoms with Gasteiger partial charge < -0.3 is 14.2 Å². The van der Waals surface area contributed by atoms with E-state index in [2.05, 4.69) is 0 Å². The van der Waals surface area contributed by atoms with Crippen molar-refractivity contribution in [2.45, 2.75) is 55.5 Å². The van der Waals surface area contributed by atoms with Crippen LogP contribution in [0.3, 0.4) is 0 Å². The zero-order chi connectivity index (χ0) is 20.4. The van der Waals surface area contributed by atoms with Gasteiger partial charge in [0.25, 0.3) is 0 Å². The van der Waals surface area contributed by atoms with Crippen LogP contribution >= 0.6 is 11.8 Å². The van der Waals surface area contributed by atoms with Crippen molar-refractivity contribution in [1.29, 1.82) is 0 Å². The average Bonchev–Trinajstić information content (AvgIpc) is 3.05. The lowest BCUT2D eigenvalue weighted by molar-refractivity contribution is -0.193. The minimum Gasteiger partial charge on any atom is -0.458 e. The normalized spacial score (nSPS) is 31.9. The highest BCUT2D eigenvalue weighted by Crippen LogP contribution is 2.48. The van der Waals surface area contributed by atoms with Crippen molar-refractivity contribution < 1.29 is 33.4 Å². The largest absolute Gasteiger partial charge is 0.458 e. The van der Waals surface area contributed by atoms with Gasteiger partial charge in [0.2, 0.25) is 0 Å². The molecule has 0 bridgehead atoms. The molecule has 28 heavy (non-hydrogen) atoms. The molecule has 8 nitrogen and oxygen atoms in total. The number of fused-ring (bicyclic) bond motifs is 1. The first-order valence-corrected chi connectivity index (χ1v) is 9.79. The molecule has 1 aliphatic heterocycles. The fourth-order valence-electron chi connectivity index (χ4n) is 3.81. The molecule has 1 aromatic rings. The quantitative estimate of drug-likeness (QED) is 0.533. The standard InChI is InChI=1S/C19H23NO7S/c1-10(21)24-16-14-15(17(25-11(2)22)18(16)26-12(3)23)20(4)27-19(14)28-13-8-6-5-7-9-13/h5-9,14-19H,1-4H3/t14-,15-,16-,17+,18-,19+/m1/s1. The van der Waals surface area contributed by atoms with Crippen LogP contribution in [0.25, 0.3) is 0 Å². The summed E-state index contributed by atoms with van der Waals surface area (Å²) < 4.78 is 16.5. The third kappa shape index (κ3) is 4.31. The van der Waals surface area contributed by atoms with E-state index in [1.807, 2.05) is 30.3 Å². The SMILES string of the molecule is CC(=O)O[C@H]1[C@@H](OC(C)=O)[C@H]2[C@H]([C@H]1OC(C)=O)[C@H](Sc1ccccc1)ON2C. The topological polar surface area (TPSA) is 91.4 Å². The van der Waals surface area contributed by atoms with Gasteiger partial charge in [-0.05, 0) is 12.1 Å². The monoisotopic (exact) mass is 409 g/mol. The number of ether oxygens (including phenoxy) is 3. The number of rotatable bonds is 5. The van der Waals surface area contributed by atoms with E-state index in [1.165, 1.54) is 32.5 Å². The van der Waals surface area contributed by atoms with Gasteiger partial charge >= 0.3 is 17.9 Å². The zero-order valence-electron chi connectivity index (χ0n) is 16.1. The second kappa shape index (κ2) is 8.50. The molecule has 3 rings (SSSR count). The Morgan fingerprint density at radius 2 is 1.43 bits per heavy atom. The Bertz CT molecular complexity index is 743. The summed E-state index contributed by atoms with van der Waals surface area (Å²) in [4.78, 5) is 42.1. The van der Waals surface area contributed by atoms with Gasteiger partial charge in [0.1, 0.15) is 5.44 Å². The summed E-state index contributed by atoms with van der Waals surface area (Å²) in [5, 5.41) is 1.60. The summed E-state index contributed by atoms with van der Waals surface area (Å²) in [5.41, 5.74) is -0.416. The molecule has 9 heteroatoms. The van der Waals surface area contributed by atoms with E-state index < -0.39 is 47.7 Å². The van der Waals surface area contributed by atoms with Gasteiger partial charge in [-0.2, -0.15) is 5.06 Å². The number of thioether (sulfide) groups is 1. The van der Waals surface area contributed by atoms with E-state index in [0.29, 0.717) is 0 Å². The minimum absolute atomic E-state index is 0.368. The second-order valence-corrected chi connectivity index (χ2v) is 7.91. The minimum atomic E-state index is -0.912. The van der Waals surface area contributed by atoms with Crippen molar-refractivity contribution in [1.82, 2.24) is 5.06 Å². The molecule has 6 atom stereocenters. The van der Waals surface area contributed by atoms with Crippen LogP contribution in [0.5, 0.6) is 0 Å². The maximum absolute atomic E-state index is 11.8. The number of carbonyl (C=O) groups is 3. The van der Waals surface area contributed by atoms with Gasteiger partial charge in [0.15, 0.2) is 18.3 Å². The van der Waals surface area contributed by atoms with Crippen molar-refractivity contribution in [3.05, 3.63) is 30.3 Å². The molecule has 152 valence electrons.